The Hall–Kier alpha value is -0.940. The number of aryl methyl sites for hydroxylation is 1. The van der Waals surface area contributed by atoms with Gasteiger partial charge in [-0.3, -0.25) is 0 Å². The third-order valence-electron chi connectivity index (χ3n) is 2.76. The van der Waals surface area contributed by atoms with Crippen LogP contribution < -0.4 is 5.73 Å². The van der Waals surface area contributed by atoms with Crippen LogP contribution in [0.5, 0.6) is 0 Å². The summed E-state index contributed by atoms with van der Waals surface area (Å²) in [6, 6.07) is 0.339. The molecule has 2 N–H and O–H groups in total. The average Bonchev–Trinajstić information content (AvgIpc) is 2.62. The highest BCUT2D eigenvalue weighted by Crippen LogP contribution is 2.08. The number of piperidine rings is 1. The monoisotopic (exact) mass is 210 g/mol. The lowest BCUT2D eigenvalue weighted by molar-refractivity contribution is 0.210. The van der Waals surface area contributed by atoms with Gasteiger partial charge in [-0.05, 0) is 19.4 Å². The van der Waals surface area contributed by atoms with E-state index in [9.17, 15) is 0 Å². The van der Waals surface area contributed by atoms with Crippen molar-refractivity contribution in [3.8, 4) is 0 Å². The molecule has 5 heteroatoms. The zero-order chi connectivity index (χ0) is 10.7. The van der Waals surface area contributed by atoms with Crippen molar-refractivity contribution in [1.29, 1.82) is 0 Å². The van der Waals surface area contributed by atoms with Gasteiger partial charge in [-0.25, -0.2) is 0 Å². The number of nitrogens with two attached hydrogens (primary N) is 1. The number of hydrogen-bond acceptors (Lipinski definition) is 5. The summed E-state index contributed by atoms with van der Waals surface area (Å²) in [5.74, 6) is 1.44. The number of rotatable bonds is 3. The molecule has 0 aliphatic carbocycles. The molecule has 1 fully saturated rings. The van der Waals surface area contributed by atoms with Gasteiger partial charge in [0.15, 0.2) is 5.82 Å². The lowest BCUT2D eigenvalue weighted by Crippen LogP contribution is -2.43. The summed E-state index contributed by atoms with van der Waals surface area (Å²) in [4.78, 5) is 6.55. The minimum Gasteiger partial charge on any atom is -0.340 e. The average molecular weight is 210 g/mol. The molecule has 1 aromatic heterocycles. The van der Waals surface area contributed by atoms with E-state index in [0.717, 1.165) is 38.3 Å². The van der Waals surface area contributed by atoms with Crippen LogP contribution in [0.4, 0.5) is 0 Å². The third-order valence-corrected chi connectivity index (χ3v) is 2.76. The maximum Gasteiger partial charge on any atom is 0.223 e. The van der Waals surface area contributed by atoms with E-state index in [1.54, 1.807) is 0 Å². The van der Waals surface area contributed by atoms with E-state index in [4.69, 9.17) is 10.3 Å². The molecule has 2 rings (SSSR count). The van der Waals surface area contributed by atoms with Crippen molar-refractivity contribution < 1.29 is 4.52 Å². The van der Waals surface area contributed by atoms with Crippen LogP contribution in [-0.2, 0) is 6.42 Å². The van der Waals surface area contributed by atoms with Gasteiger partial charge in [-0.1, -0.05) is 5.16 Å². The zero-order valence-corrected chi connectivity index (χ0v) is 9.15. The standard InChI is InChI=1S/C10H18N4O/c1-8-12-10(13-15-8)4-6-14-5-2-3-9(11)7-14/h9H,2-7,11H2,1H3. The molecule has 0 aromatic carbocycles. The van der Waals surface area contributed by atoms with Crippen LogP contribution in [0.15, 0.2) is 4.52 Å². The molecule has 1 unspecified atom stereocenters. The van der Waals surface area contributed by atoms with Crippen LogP contribution in [0.25, 0.3) is 0 Å². The number of likely N-dealkylation sites (tertiary alicyclic amines) is 1. The van der Waals surface area contributed by atoms with Crippen LogP contribution in [-0.4, -0.2) is 40.7 Å². The minimum atomic E-state index is 0.339. The summed E-state index contributed by atoms with van der Waals surface area (Å²) in [7, 11) is 0. The highest BCUT2D eigenvalue weighted by molar-refractivity contribution is 4.86. The second-order valence-electron chi connectivity index (χ2n) is 4.18. The van der Waals surface area contributed by atoms with Gasteiger partial charge in [0, 0.05) is 32.5 Å². The molecular formula is C10H18N4O. The van der Waals surface area contributed by atoms with Crippen LogP contribution in [0.1, 0.15) is 24.6 Å². The maximum absolute atomic E-state index is 5.91. The second kappa shape index (κ2) is 4.72. The first-order valence-electron chi connectivity index (χ1n) is 5.51. The van der Waals surface area contributed by atoms with Crippen LogP contribution in [0.3, 0.4) is 0 Å². The Morgan fingerprint density at radius 1 is 1.60 bits per heavy atom. The van der Waals surface area contributed by atoms with Gasteiger partial charge in [0.2, 0.25) is 5.89 Å². The van der Waals surface area contributed by atoms with E-state index >= 15 is 0 Å². The fourth-order valence-electron chi connectivity index (χ4n) is 2.00. The second-order valence-corrected chi connectivity index (χ2v) is 4.18. The Balaban J connectivity index is 1.77. The van der Waals surface area contributed by atoms with Crippen LogP contribution >= 0.6 is 0 Å². The van der Waals surface area contributed by atoms with Crippen molar-refractivity contribution in [2.75, 3.05) is 19.6 Å². The van der Waals surface area contributed by atoms with Gasteiger partial charge in [0.25, 0.3) is 0 Å². The fraction of sp³-hybridized carbons (Fsp3) is 0.800. The molecule has 1 atom stereocenters. The topological polar surface area (TPSA) is 68.2 Å². The first kappa shape index (κ1) is 10.6. The van der Waals surface area contributed by atoms with Crippen molar-refractivity contribution >= 4 is 0 Å². The van der Waals surface area contributed by atoms with Gasteiger partial charge in [-0.2, -0.15) is 4.98 Å². The summed E-state index contributed by atoms with van der Waals surface area (Å²) < 4.78 is 4.92. The van der Waals surface area contributed by atoms with Crippen molar-refractivity contribution in [2.24, 2.45) is 5.73 Å². The molecule has 1 aromatic rings. The summed E-state index contributed by atoms with van der Waals surface area (Å²) in [5.41, 5.74) is 5.91. The fourth-order valence-corrected chi connectivity index (χ4v) is 2.00. The van der Waals surface area contributed by atoms with E-state index in [1.165, 1.54) is 6.42 Å². The summed E-state index contributed by atoms with van der Waals surface area (Å²) in [6.07, 6.45) is 3.20. The Kier molecular flexibility index (Phi) is 3.33. The molecule has 2 heterocycles. The van der Waals surface area contributed by atoms with Gasteiger partial charge in [0.1, 0.15) is 0 Å². The molecule has 1 saturated heterocycles. The Labute approximate surface area is 89.6 Å². The zero-order valence-electron chi connectivity index (χ0n) is 9.15. The number of hydrogen-bond donors (Lipinski definition) is 1. The smallest absolute Gasteiger partial charge is 0.223 e. The van der Waals surface area contributed by atoms with Gasteiger partial charge >= 0.3 is 0 Å². The molecular weight excluding hydrogens is 192 g/mol. The molecule has 0 radical (unpaired) electrons. The largest absolute Gasteiger partial charge is 0.340 e. The molecule has 15 heavy (non-hydrogen) atoms. The van der Waals surface area contributed by atoms with E-state index in [-0.39, 0.29) is 0 Å². The maximum atomic E-state index is 5.91. The van der Waals surface area contributed by atoms with Crippen LogP contribution in [0.2, 0.25) is 0 Å². The normalized spacial score (nSPS) is 23.2. The lowest BCUT2D eigenvalue weighted by Gasteiger charge is -2.30. The molecule has 84 valence electrons. The Morgan fingerprint density at radius 2 is 2.47 bits per heavy atom. The SMILES string of the molecule is Cc1nc(CCN2CCCC(N)C2)no1. The third kappa shape index (κ3) is 3.00. The highest BCUT2D eigenvalue weighted by atomic mass is 16.5. The predicted molar refractivity (Wildman–Crippen MR) is 56.4 cm³/mol. The molecule has 5 nitrogen and oxygen atoms in total. The van der Waals surface area contributed by atoms with E-state index in [1.807, 2.05) is 6.92 Å². The van der Waals surface area contributed by atoms with Crippen LogP contribution in [0, 0.1) is 6.92 Å². The highest BCUT2D eigenvalue weighted by Gasteiger charge is 2.16. The Bertz CT molecular complexity index is 312. The molecule has 0 spiro atoms. The molecule has 1 aliphatic rings. The van der Waals surface area contributed by atoms with Gasteiger partial charge in [0.05, 0.1) is 0 Å². The molecule has 0 amide bonds. The van der Waals surface area contributed by atoms with Gasteiger partial charge in [-0.15, -0.1) is 0 Å². The Morgan fingerprint density at radius 3 is 3.13 bits per heavy atom. The predicted octanol–water partition coefficient (Wildman–Crippen LogP) is 0.344. The number of aromatic nitrogens is 2. The first-order chi connectivity index (χ1) is 7.24. The van der Waals surface area contributed by atoms with E-state index in [2.05, 4.69) is 15.0 Å². The minimum absolute atomic E-state index is 0.339. The summed E-state index contributed by atoms with van der Waals surface area (Å²) in [5, 5.41) is 3.88. The van der Waals surface area contributed by atoms with Gasteiger partial charge < -0.3 is 15.2 Å². The van der Waals surface area contributed by atoms with Crippen molar-refractivity contribution in [2.45, 2.75) is 32.2 Å². The van der Waals surface area contributed by atoms with E-state index in [0.29, 0.717) is 11.9 Å². The van der Waals surface area contributed by atoms with Crippen molar-refractivity contribution in [3.05, 3.63) is 11.7 Å². The van der Waals surface area contributed by atoms with Crippen molar-refractivity contribution in [3.63, 3.8) is 0 Å². The summed E-state index contributed by atoms with van der Waals surface area (Å²) >= 11 is 0. The molecule has 0 saturated carbocycles. The van der Waals surface area contributed by atoms with Crippen molar-refractivity contribution in [1.82, 2.24) is 15.0 Å². The lowest BCUT2D eigenvalue weighted by atomic mass is 10.1. The first-order valence-corrected chi connectivity index (χ1v) is 5.51. The molecule has 1 aliphatic heterocycles. The summed E-state index contributed by atoms with van der Waals surface area (Å²) in [6.45, 7) is 4.93. The van der Waals surface area contributed by atoms with E-state index < -0.39 is 0 Å². The number of nitrogens with zero attached hydrogens (tertiary/aromatic N) is 3. The quantitative estimate of drug-likeness (QED) is 0.779. The molecule has 0 bridgehead atoms.